The van der Waals surface area contributed by atoms with E-state index in [-0.39, 0.29) is 24.0 Å². The maximum Gasteiger partial charge on any atom is 0.243 e. The Morgan fingerprint density at radius 2 is 1.95 bits per heavy atom. The highest BCUT2D eigenvalue weighted by atomic mass is 32.2. The van der Waals surface area contributed by atoms with E-state index >= 15 is 0 Å². The Hall–Kier alpha value is -1.39. The highest BCUT2D eigenvalue weighted by Crippen LogP contribution is 2.26. The van der Waals surface area contributed by atoms with Crippen molar-refractivity contribution in [3.63, 3.8) is 0 Å². The molecule has 5 nitrogen and oxygen atoms in total. The van der Waals surface area contributed by atoms with Crippen LogP contribution in [-0.4, -0.2) is 49.2 Å². The summed E-state index contributed by atoms with van der Waals surface area (Å²) in [5.74, 6) is 5.49. The molecular formula is C15H19NO4S. The second kappa shape index (κ2) is 7.05. The van der Waals surface area contributed by atoms with Gasteiger partial charge in [-0.2, -0.15) is 4.31 Å². The summed E-state index contributed by atoms with van der Waals surface area (Å²) in [6.07, 6.45) is 1.43. The summed E-state index contributed by atoms with van der Waals surface area (Å²) < 4.78 is 26.5. The zero-order valence-corrected chi connectivity index (χ0v) is 12.5. The van der Waals surface area contributed by atoms with E-state index in [1.165, 1.54) is 16.4 Å². The Labute approximate surface area is 125 Å². The van der Waals surface area contributed by atoms with Crippen LogP contribution in [0.1, 0.15) is 18.4 Å². The van der Waals surface area contributed by atoms with Gasteiger partial charge < -0.3 is 10.2 Å². The molecule has 0 radical (unpaired) electrons. The van der Waals surface area contributed by atoms with Crippen molar-refractivity contribution in [2.24, 2.45) is 5.92 Å². The first-order chi connectivity index (χ1) is 10.1. The molecule has 1 saturated heterocycles. The van der Waals surface area contributed by atoms with Crippen LogP contribution < -0.4 is 0 Å². The fraction of sp³-hybridized carbons (Fsp3) is 0.467. The van der Waals surface area contributed by atoms with Crippen LogP contribution in [0, 0.1) is 17.8 Å². The molecule has 1 aromatic rings. The third-order valence-electron chi connectivity index (χ3n) is 3.59. The first-order valence-corrected chi connectivity index (χ1v) is 8.32. The quantitative estimate of drug-likeness (QED) is 0.790. The average molecular weight is 309 g/mol. The van der Waals surface area contributed by atoms with Crippen LogP contribution in [-0.2, 0) is 10.0 Å². The Bertz CT molecular complexity index is 628. The molecule has 1 fully saturated rings. The Morgan fingerprint density at radius 3 is 2.57 bits per heavy atom. The second-order valence-electron chi connectivity index (χ2n) is 5.01. The molecule has 2 N–H and O–H groups in total. The number of hydrogen-bond acceptors (Lipinski definition) is 4. The molecule has 114 valence electrons. The molecule has 0 spiro atoms. The van der Waals surface area contributed by atoms with Crippen molar-refractivity contribution >= 4 is 10.0 Å². The van der Waals surface area contributed by atoms with Crippen molar-refractivity contribution in [1.82, 2.24) is 4.31 Å². The topological polar surface area (TPSA) is 77.8 Å². The van der Waals surface area contributed by atoms with Gasteiger partial charge in [-0.3, -0.25) is 0 Å². The minimum atomic E-state index is -3.47. The molecule has 1 unspecified atom stereocenters. The number of nitrogens with zero attached hydrogens (tertiary/aromatic N) is 1. The average Bonchev–Trinajstić information content (AvgIpc) is 2.95. The summed E-state index contributed by atoms with van der Waals surface area (Å²) in [7, 11) is -3.47. The molecule has 1 aromatic carbocycles. The molecule has 6 heteroatoms. The van der Waals surface area contributed by atoms with Crippen LogP contribution in [0.5, 0.6) is 0 Å². The zero-order valence-electron chi connectivity index (χ0n) is 11.7. The van der Waals surface area contributed by atoms with Gasteiger partial charge in [-0.05, 0) is 43.0 Å². The van der Waals surface area contributed by atoms with Crippen LogP contribution in [0.2, 0.25) is 0 Å². The number of aliphatic hydroxyl groups excluding tert-OH is 2. The number of aliphatic hydroxyl groups is 2. The molecule has 1 aliphatic rings. The van der Waals surface area contributed by atoms with Gasteiger partial charge in [-0.25, -0.2) is 8.42 Å². The molecular weight excluding hydrogens is 290 g/mol. The van der Waals surface area contributed by atoms with Crippen LogP contribution in [0.3, 0.4) is 0 Å². The second-order valence-corrected chi connectivity index (χ2v) is 6.95. The largest absolute Gasteiger partial charge is 0.396 e. The number of sulfonamides is 1. The highest BCUT2D eigenvalue weighted by molar-refractivity contribution is 7.89. The van der Waals surface area contributed by atoms with E-state index in [2.05, 4.69) is 11.8 Å². The van der Waals surface area contributed by atoms with Gasteiger partial charge in [-0.1, -0.05) is 11.8 Å². The van der Waals surface area contributed by atoms with Gasteiger partial charge in [0.25, 0.3) is 0 Å². The first-order valence-electron chi connectivity index (χ1n) is 6.88. The van der Waals surface area contributed by atoms with E-state index in [0.29, 0.717) is 25.1 Å². The van der Waals surface area contributed by atoms with Crippen LogP contribution in [0.4, 0.5) is 0 Å². The van der Waals surface area contributed by atoms with E-state index in [0.717, 1.165) is 6.42 Å². The Balaban J connectivity index is 2.13. The van der Waals surface area contributed by atoms with Crippen molar-refractivity contribution in [1.29, 1.82) is 0 Å². The van der Waals surface area contributed by atoms with E-state index in [4.69, 9.17) is 10.2 Å². The number of benzene rings is 1. The van der Waals surface area contributed by atoms with Gasteiger partial charge >= 0.3 is 0 Å². The van der Waals surface area contributed by atoms with E-state index in [1.54, 1.807) is 12.1 Å². The van der Waals surface area contributed by atoms with Gasteiger partial charge in [0.2, 0.25) is 10.0 Å². The summed E-state index contributed by atoms with van der Waals surface area (Å²) in [4.78, 5) is 0.252. The summed E-state index contributed by atoms with van der Waals surface area (Å²) >= 11 is 0. The molecule has 0 saturated carbocycles. The molecule has 21 heavy (non-hydrogen) atoms. The van der Waals surface area contributed by atoms with Crippen LogP contribution >= 0.6 is 0 Å². The lowest BCUT2D eigenvalue weighted by Crippen LogP contribution is -2.29. The lowest BCUT2D eigenvalue weighted by Gasteiger charge is -2.16. The summed E-state index contributed by atoms with van der Waals surface area (Å²) in [5.41, 5.74) is 0.669. The number of hydrogen-bond donors (Lipinski definition) is 2. The molecule has 0 aromatic heterocycles. The predicted molar refractivity (Wildman–Crippen MR) is 79.0 cm³/mol. The Kier molecular flexibility index (Phi) is 5.37. The third-order valence-corrected chi connectivity index (χ3v) is 5.47. The molecule has 1 atom stereocenters. The van der Waals surface area contributed by atoms with Gasteiger partial charge in [0, 0.05) is 25.3 Å². The molecule has 0 bridgehead atoms. The molecule has 1 aliphatic heterocycles. The minimum Gasteiger partial charge on any atom is -0.396 e. The van der Waals surface area contributed by atoms with Crippen LogP contribution in [0.15, 0.2) is 29.2 Å². The monoisotopic (exact) mass is 309 g/mol. The predicted octanol–water partition coefficient (Wildman–Crippen LogP) is 0.423. The van der Waals surface area contributed by atoms with Crippen molar-refractivity contribution in [3.05, 3.63) is 29.8 Å². The van der Waals surface area contributed by atoms with Gasteiger partial charge in [0.05, 0.1) is 4.90 Å². The SMILES string of the molecule is O=S(=O)(c1ccc(C#CCO)cc1)N1CCC(CCO)C1. The van der Waals surface area contributed by atoms with E-state index in [9.17, 15) is 8.42 Å². The summed E-state index contributed by atoms with van der Waals surface area (Å²) in [6.45, 7) is 0.838. The zero-order chi connectivity index (χ0) is 15.3. The van der Waals surface area contributed by atoms with E-state index in [1.807, 2.05) is 0 Å². The van der Waals surface area contributed by atoms with Gasteiger partial charge in [0.1, 0.15) is 6.61 Å². The van der Waals surface area contributed by atoms with Gasteiger partial charge in [0.15, 0.2) is 0 Å². The fourth-order valence-corrected chi connectivity index (χ4v) is 3.97. The first kappa shape index (κ1) is 16.0. The van der Waals surface area contributed by atoms with Crippen molar-refractivity contribution < 1.29 is 18.6 Å². The van der Waals surface area contributed by atoms with Crippen molar-refractivity contribution in [2.75, 3.05) is 26.3 Å². The molecule has 0 aliphatic carbocycles. The highest BCUT2D eigenvalue weighted by Gasteiger charge is 2.31. The van der Waals surface area contributed by atoms with E-state index < -0.39 is 10.0 Å². The normalized spacial score (nSPS) is 19.2. The lowest BCUT2D eigenvalue weighted by atomic mass is 10.1. The Morgan fingerprint density at radius 1 is 1.24 bits per heavy atom. The standard InChI is InChI=1S/C15H19NO4S/c17-10-1-2-13-3-5-15(6-4-13)21(19,20)16-9-7-14(12-16)8-11-18/h3-6,14,17-18H,7-12H2. The smallest absolute Gasteiger partial charge is 0.243 e. The summed E-state index contributed by atoms with van der Waals surface area (Å²) in [5, 5.41) is 17.6. The maximum absolute atomic E-state index is 12.5. The third kappa shape index (κ3) is 3.83. The minimum absolute atomic E-state index is 0.0940. The molecule has 1 heterocycles. The van der Waals surface area contributed by atoms with Gasteiger partial charge in [-0.15, -0.1) is 0 Å². The van der Waals surface area contributed by atoms with Crippen molar-refractivity contribution in [2.45, 2.75) is 17.7 Å². The lowest BCUT2D eigenvalue weighted by molar-refractivity contribution is 0.259. The fourth-order valence-electron chi connectivity index (χ4n) is 2.43. The number of rotatable bonds is 4. The molecule has 0 amide bonds. The molecule has 2 rings (SSSR count). The maximum atomic E-state index is 12.5. The van der Waals surface area contributed by atoms with Crippen molar-refractivity contribution in [3.8, 4) is 11.8 Å². The van der Waals surface area contributed by atoms with Crippen LogP contribution in [0.25, 0.3) is 0 Å². The summed E-state index contributed by atoms with van der Waals surface area (Å²) in [6, 6.07) is 6.35.